The Labute approximate surface area is 162 Å². The Balaban J connectivity index is 0.000000855. The van der Waals surface area contributed by atoms with Crippen molar-refractivity contribution in [3.8, 4) is 11.5 Å². The number of rotatable bonds is 4. The van der Waals surface area contributed by atoms with Crippen LogP contribution in [0.4, 0.5) is 4.39 Å². The fourth-order valence-electron chi connectivity index (χ4n) is 3.22. The lowest BCUT2D eigenvalue weighted by Gasteiger charge is -2.15. The Morgan fingerprint density at radius 1 is 0.963 bits per heavy atom. The average molecular weight is 374 g/mol. The van der Waals surface area contributed by atoms with Crippen molar-refractivity contribution >= 4 is 6.29 Å². The number of benzene rings is 2. The number of nitrogens with two attached hydrogens (primary N) is 1. The molecule has 0 saturated heterocycles. The zero-order valence-corrected chi connectivity index (χ0v) is 16.7. The van der Waals surface area contributed by atoms with Gasteiger partial charge in [-0.15, -0.1) is 0 Å². The summed E-state index contributed by atoms with van der Waals surface area (Å²) in [5, 5.41) is 0. The summed E-state index contributed by atoms with van der Waals surface area (Å²) in [5.74, 6) is 0.857. The molecule has 0 atom stereocenters. The molecule has 0 aliphatic heterocycles. The Bertz CT molecular complexity index is 663. The Morgan fingerprint density at radius 2 is 1.56 bits per heavy atom. The maximum absolute atomic E-state index is 13.9. The molecule has 2 N–H and O–H groups in total. The Morgan fingerprint density at radius 3 is 2.07 bits per heavy atom. The normalized spacial score (nSPS) is 14.0. The fourth-order valence-corrected chi connectivity index (χ4v) is 3.22. The minimum atomic E-state index is -0.526. The molecule has 1 aliphatic rings. The van der Waals surface area contributed by atoms with Crippen LogP contribution in [0.2, 0.25) is 0 Å². The van der Waals surface area contributed by atoms with Gasteiger partial charge in [-0.2, -0.15) is 0 Å². The molecule has 0 radical (unpaired) electrons. The maximum atomic E-state index is 13.9. The summed E-state index contributed by atoms with van der Waals surface area (Å²) < 4.78 is 19.4. The molecule has 1 saturated carbocycles. The van der Waals surface area contributed by atoms with Gasteiger partial charge in [0, 0.05) is 5.56 Å². The van der Waals surface area contributed by atoms with Crippen molar-refractivity contribution in [2.24, 2.45) is 5.73 Å². The molecule has 1 fully saturated rings. The number of carbonyl (C=O) groups excluding carboxylic acids is 1. The summed E-state index contributed by atoms with van der Waals surface area (Å²) in [6, 6.07) is 12.2. The number of carbonyl (C=O) groups is 1. The van der Waals surface area contributed by atoms with Crippen molar-refractivity contribution in [2.75, 3.05) is 7.05 Å². The number of hydrogen-bond donors (Lipinski definition) is 1. The molecule has 4 heteroatoms. The molecular weight excluding hydrogens is 341 g/mol. The molecule has 3 rings (SSSR count). The van der Waals surface area contributed by atoms with Crippen LogP contribution in [0.3, 0.4) is 0 Å². The first-order valence-electron chi connectivity index (χ1n) is 9.86. The lowest BCUT2D eigenvalue weighted by molar-refractivity contribution is 0.112. The molecule has 3 nitrogen and oxygen atoms in total. The number of aldehydes is 1. The van der Waals surface area contributed by atoms with E-state index in [1.165, 1.54) is 63.3 Å². The van der Waals surface area contributed by atoms with E-state index in [2.05, 4.69) is 17.9 Å². The molecule has 0 aromatic heterocycles. The Kier molecular flexibility index (Phi) is 11.0. The monoisotopic (exact) mass is 373 g/mol. The zero-order chi connectivity index (χ0) is 20.1. The molecule has 0 heterocycles. The van der Waals surface area contributed by atoms with E-state index in [0.717, 1.165) is 0 Å². The summed E-state index contributed by atoms with van der Waals surface area (Å²) in [4.78, 5) is 10.6. The fraction of sp³-hybridized carbons (Fsp3) is 0.435. The highest BCUT2D eigenvalue weighted by molar-refractivity contribution is 5.75. The van der Waals surface area contributed by atoms with E-state index >= 15 is 0 Å². The van der Waals surface area contributed by atoms with Crippen molar-refractivity contribution in [1.82, 2.24) is 0 Å². The van der Waals surface area contributed by atoms with Gasteiger partial charge in [0.1, 0.15) is 12.0 Å². The minimum absolute atomic E-state index is 0.137. The van der Waals surface area contributed by atoms with Gasteiger partial charge in [0.2, 0.25) is 0 Å². The predicted octanol–water partition coefficient (Wildman–Crippen LogP) is 6.47. The van der Waals surface area contributed by atoms with E-state index in [9.17, 15) is 9.18 Å². The van der Waals surface area contributed by atoms with Crippen LogP contribution >= 0.6 is 0 Å². The van der Waals surface area contributed by atoms with Gasteiger partial charge in [-0.05, 0) is 61.7 Å². The quantitative estimate of drug-likeness (QED) is 0.493. The van der Waals surface area contributed by atoms with Crippen LogP contribution < -0.4 is 10.5 Å². The summed E-state index contributed by atoms with van der Waals surface area (Å²) in [5.41, 5.74) is 6.15. The van der Waals surface area contributed by atoms with Crippen LogP contribution in [0.5, 0.6) is 11.5 Å². The van der Waals surface area contributed by atoms with Crippen LogP contribution in [-0.4, -0.2) is 13.3 Å². The molecule has 0 spiro atoms. The predicted molar refractivity (Wildman–Crippen MR) is 110 cm³/mol. The molecule has 27 heavy (non-hydrogen) atoms. The third-order valence-corrected chi connectivity index (χ3v) is 4.53. The van der Waals surface area contributed by atoms with Crippen molar-refractivity contribution in [1.29, 1.82) is 0 Å². The maximum Gasteiger partial charge on any atom is 0.166 e. The van der Waals surface area contributed by atoms with Gasteiger partial charge in [0.15, 0.2) is 11.6 Å². The first-order valence-corrected chi connectivity index (χ1v) is 9.86. The Hall–Kier alpha value is -2.20. The summed E-state index contributed by atoms with van der Waals surface area (Å²) in [6.45, 7) is 4.00. The van der Waals surface area contributed by atoms with Crippen LogP contribution in [0, 0.1) is 5.82 Å². The lowest BCUT2D eigenvalue weighted by Crippen LogP contribution is -1.97. The van der Waals surface area contributed by atoms with E-state index in [0.29, 0.717) is 23.5 Å². The molecule has 1 aliphatic carbocycles. The van der Waals surface area contributed by atoms with Crippen molar-refractivity contribution in [3.63, 3.8) is 0 Å². The summed E-state index contributed by atoms with van der Waals surface area (Å²) in [6.07, 6.45) is 8.41. The highest BCUT2D eigenvalue weighted by Gasteiger charge is 2.14. The number of halogens is 1. The van der Waals surface area contributed by atoms with Gasteiger partial charge in [0.05, 0.1) is 0 Å². The van der Waals surface area contributed by atoms with Gasteiger partial charge < -0.3 is 10.5 Å². The van der Waals surface area contributed by atoms with Crippen molar-refractivity contribution in [3.05, 3.63) is 59.4 Å². The smallest absolute Gasteiger partial charge is 0.166 e. The van der Waals surface area contributed by atoms with Crippen molar-refractivity contribution < 1.29 is 13.9 Å². The first kappa shape index (κ1) is 22.8. The van der Waals surface area contributed by atoms with E-state index < -0.39 is 5.82 Å². The van der Waals surface area contributed by atoms with Gasteiger partial charge >= 0.3 is 0 Å². The van der Waals surface area contributed by atoms with Crippen molar-refractivity contribution in [2.45, 2.75) is 58.3 Å². The molecule has 2 aromatic rings. The van der Waals surface area contributed by atoms with Crippen LogP contribution in [0.1, 0.15) is 74.2 Å². The van der Waals surface area contributed by atoms with Crippen LogP contribution in [-0.2, 0) is 0 Å². The van der Waals surface area contributed by atoms with Crippen LogP contribution in [0.15, 0.2) is 42.5 Å². The average Bonchev–Trinajstić information content (AvgIpc) is 3.02. The molecule has 0 amide bonds. The molecule has 0 unspecified atom stereocenters. The van der Waals surface area contributed by atoms with E-state index in [-0.39, 0.29) is 5.75 Å². The molecule has 2 aromatic carbocycles. The summed E-state index contributed by atoms with van der Waals surface area (Å²) in [7, 11) is 1.50. The number of hydrogen-bond acceptors (Lipinski definition) is 3. The van der Waals surface area contributed by atoms with Gasteiger partial charge in [-0.3, -0.25) is 4.79 Å². The van der Waals surface area contributed by atoms with Gasteiger partial charge in [-0.25, -0.2) is 4.39 Å². The second kappa shape index (κ2) is 13.0. The SMILES string of the molecule is CC.CN.O=Cc1ccc(Oc2ccc(C3CCCCCC3)cc2)c(F)c1. The summed E-state index contributed by atoms with van der Waals surface area (Å²) >= 11 is 0. The van der Waals surface area contributed by atoms with Crippen LogP contribution in [0.25, 0.3) is 0 Å². The third-order valence-electron chi connectivity index (χ3n) is 4.53. The largest absolute Gasteiger partial charge is 0.454 e. The van der Waals surface area contributed by atoms with E-state index in [4.69, 9.17) is 4.74 Å². The van der Waals surface area contributed by atoms with Gasteiger partial charge in [0.25, 0.3) is 0 Å². The number of ether oxygens (including phenoxy) is 1. The highest BCUT2D eigenvalue weighted by atomic mass is 19.1. The molecular formula is C23H32FNO2. The molecule has 148 valence electrons. The third kappa shape index (κ3) is 7.14. The topological polar surface area (TPSA) is 52.3 Å². The minimum Gasteiger partial charge on any atom is -0.454 e. The lowest BCUT2D eigenvalue weighted by atomic mass is 9.92. The van der Waals surface area contributed by atoms with Gasteiger partial charge in [-0.1, -0.05) is 51.7 Å². The van der Waals surface area contributed by atoms with E-state index in [1.54, 1.807) is 6.07 Å². The first-order chi connectivity index (χ1) is 13.3. The standard InChI is InChI=1S/C20H21FO2.C2H6.CH5N/c21-19-13-15(14-22)7-12-20(19)23-18-10-8-17(9-11-18)16-5-3-1-2-4-6-16;2*1-2/h7-14,16H,1-6H2;1-2H3;2H2,1H3. The second-order valence-corrected chi connectivity index (χ2v) is 6.17. The zero-order valence-electron chi connectivity index (χ0n) is 16.7. The molecule has 0 bridgehead atoms. The highest BCUT2D eigenvalue weighted by Crippen LogP contribution is 2.33. The second-order valence-electron chi connectivity index (χ2n) is 6.17. The van der Waals surface area contributed by atoms with E-state index in [1.807, 2.05) is 26.0 Å².